The molecule has 1 rings (SSSR count). The Kier molecular flexibility index (Phi) is 6.51. The Morgan fingerprint density at radius 3 is 2.00 bits per heavy atom. The van der Waals surface area contributed by atoms with E-state index in [9.17, 15) is 26.3 Å². The summed E-state index contributed by atoms with van der Waals surface area (Å²) in [6, 6.07) is 7.15. The molecule has 0 radical (unpaired) electrons. The molecule has 21 heavy (non-hydrogen) atoms. The summed E-state index contributed by atoms with van der Waals surface area (Å²) in [6.45, 7) is 0.117. The van der Waals surface area contributed by atoms with E-state index in [1.54, 1.807) is 30.3 Å². The van der Waals surface area contributed by atoms with Crippen LogP contribution in [0.5, 0.6) is 0 Å². The lowest BCUT2D eigenvalue weighted by atomic mass is 10.0. The Hall–Kier alpha value is -1.24. The predicted molar refractivity (Wildman–Crippen MR) is 67.8 cm³/mol. The van der Waals surface area contributed by atoms with Gasteiger partial charge in [0.25, 0.3) is 0 Å². The molecule has 0 aliphatic carbocycles. The summed E-state index contributed by atoms with van der Waals surface area (Å²) in [5.41, 5.74) is 0.477. The highest BCUT2D eigenvalue weighted by Crippen LogP contribution is 2.29. The molecular formula is C14H17F6N. The monoisotopic (exact) mass is 313 g/mol. The molecule has 0 bridgehead atoms. The van der Waals surface area contributed by atoms with Crippen LogP contribution in [0.15, 0.2) is 30.3 Å². The van der Waals surface area contributed by atoms with Gasteiger partial charge in [-0.25, -0.2) is 0 Å². The number of alkyl halides is 6. The van der Waals surface area contributed by atoms with Gasteiger partial charge in [0.05, 0.1) is 6.42 Å². The van der Waals surface area contributed by atoms with Crippen LogP contribution in [0.1, 0.15) is 37.3 Å². The molecule has 0 aliphatic rings. The van der Waals surface area contributed by atoms with Gasteiger partial charge in [-0.05, 0) is 24.9 Å². The van der Waals surface area contributed by atoms with E-state index >= 15 is 0 Å². The Morgan fingerprint density at radius 1 is 0.857 bits per heavy atom. The summed E-state index contributed by atoms with van der Waals surface area (Å²) < 4.78 is 73.5. The Morgan fingerprint density at radius 2 is 1.48 bits per heavy atom. The highest BCUT2D eigenvalue weighted by Gasteiger charge is 2.32. The number of hydrogen-bond acceptors (Lipinski definition) is 1. The standard InChI is InChI=1S/C14H17F6N/c15-13(16,17)8-4-5-9-21-12(10-14(18,19)20)11-6-2-1-3-7-11/h1-3,6-7,12,21H,4-5,8-10H2. The first-order chi connectivity index (χ1) is 9.67. The van der Waals surface area contributed by atoms with Crippen LogP contribution < -0.4 is 5.32 Å². The number of rotatable bonds is 7. The summed E-state index contributed by atoms with van der Waals surface area (Å²) in [7, 11) is 0. The van der Waals surface area contributed by atoms with Crippen molar-refractivity contribution in [2.75, 3.05) is 6.54 Å². The van der Waals surface area contributed by atoms with E-state index in [1.807, 2.05) is 0 Å². The molecule has 0 heterocycles. The van der Waals surface area contributed by atoms with Gasteiger partial charge in [-0.15, -0.1) is 0 Å². The van der Waals surface area contributed by atoms with Crippen molar-refractivity contribution in [3.05, 3.63) is 35.9 Å². The first-order valence-electron chi connectivity index (χ1n) is 6.59. The van der Waals surface area contributed by atoms with Crippen LogP contribution in [-0.2, 0) is 0 Å². The fraction of sp³-hybridized carbons (Fsp3) is 0.571. The quantitative estimate of drug-likeness (QED) is 0.551. The van der Waals surface area contributed by atoms with E-state index in [4.69, 9.17) is 0 Å². The minimum Gasteiger partial charge on any atom is -0.310 e. The second-order valence-corrected chi connectivity index (χ2v) is 4.81. The third-order valence-corrected chi connectivity index (χ3v) is 2.92. The fourth-order valence-electron chi connectivity index (χ4n) is 1.95. The van der Waals surface area contributed by atoms with Gasteiger partial charge in [-0.2, -0.15) is 26.3 Å². The molecule has 7 heteroatoms. The summed E-state index contributed by atoms with van der Waals surface area (Å²) in [6.07, 6.45) is -10.4. The lowest BCUT2D eigenvalue weighted by molar-refractivity contribution is -0.140. The Labute approximate surface area is 119 Å². The first-order valence-corrected chi connectivity index (χ1v) is 6.59. The summed E-state index contributed by atoms with van der Waals surface area (Å²) in [5.74, 6) is 0. The van der Waals surface area contributed by atoms with Gasteiger partial charge >= 0.3 is 12.4 Å². The number of benzene rings is 1. The van der Waals surface area contributed by atoms with Gasteiger partial charge in [0.2, 0.25) is 0 Å². The largest absolute Gasteiger partial charge is 0.390 e. The van der Waals surface area contributed by atoms with Gasteiger partial charge in [-0.1, -0.05) is 30.3 Å². The molecule has 1 nitrogen and oxygen atoms in total. The van der Waals surface area contributed by atoms with Crippen LogP contribution in [-0.4, -0.2) is 18.9 Å². The lowest BCUT2D eigenvalue weighted by Crippen LogP contribution is -2.27. The van der Waals surface area contributed by atoms with Crippen molar-refractivity contribution in [1.29, 1.82) is 0 Å². The molecule has 0 spiro atoms. The molecule has 0 amide bonds. The average Bonchev–Trinajstić information content (AvgIpc) is 2.35. The average molecular weight is 313 g/mol. The summed E-state index contributed by atoms with van der Waals surface area (Å²) in [4.78, 5) is 0. The molecule has 1 unspecified atom stereocenters. The van der Waals surface area contributed by atoms with Gasteiger partial charge in [-0.3, -0.25) is 0 Å². The van der Waals surface area contributed by atoms with Crippen LogP contribution >= 0.6 is 0 Å². The summed E-state index contributed by atoms with van der Waals surface area (Å²) in [5, 5.41) is 2.69. The van der Waals surface area contributed by atoms with Crippen LogP contribution in [0.25, 0.3) is 0 Å². The van der Waals surface area contributed by atoms with Crippen LogP contribution in [0.2, 0.25) is 0 Å². The normalized spacial score (nSPS) is 14.2. The van der Waals surface area contributed by atoms with Gasteiger partial charge in [0.1, 0.15) is 0 Å². The molecule has 1 aromatic carbocycles. The third kappa shape index (κ3) is 8.60. The molecule has 0 aromatic heterocycles. The second kappa shape index (κ2) is 7.68. The second-order valence-electron chi connectivity index (χ2n) is 4.81. The van der Waals surface area contributed by atoms with Crippen molar-refractivity contribution in [2.24, 2.45) is 0 Å². The number of hydrogen-bond donors (Lipinski definition) is 1. The van der Waals surface area contributed by atoms with Crippen molar-refractivity contribution in [1.82, 2.24) is 5.32 Å². The molecular weight excluding hydrogens is 296 g/mol. The zero-order chi connectivity index (χ0) is 15.9. The molecule has 1 aromatic rings. The highest BCUT2D eigenvalue weighted by molar-refractivity contribution is 5.19. The molecule has 0 saturated heterocycles. The topological polar surface area (TPSA) is 12.0 Å². The van der Waals surface area contributed by atoms with E-state index in [0.29, 0.717) is 5.56 Å². The number of halogens is 6. The first kappa shape index (κ1) is 17.8. The van der Waals surface area contributed by atoms with E-state index in [2.05, 4.69) is 5.32 Å². The Balaban J connectivity index is 2.47. The maximum absolute atomic E-state index is 12.5. The van der Waals surface area contributed by atoms with Crippen molar-refractivity contribution in [3.8, 4) is 0 Å². The maximum Gasteiger partial charge on any atom is 0.390 e. The lowest BCUT2D eigenvalue weighted by Gasteiger charge is -2.21. The van der Waals surface area contributed by atoms with Crippen molar-refractivity contribution >= 4 is 0 Å². The summed E-state index contributed by atoms with van der Waals surface area (Å²) >= 11 is 0. The molecule has 0 saturated carbocycles. The highest BCUT2D eigenvalue weighted by atomic mass is 19.4. The van der Waals surface area contributed by atoms with Crippen LogP contribution in [0.4, 0.5) is 26.3 Å². The third-order valence-electron chi connectivity index (χ3n) is 2.92. The van der Waals surface area contributed by atoms with E-state index < -0.39 is 31.2 Å². The Bertz CT molecular complexity index is 398. The van der Waals surface area contributed by atoms with Gasteiger partial charge in [0.15, 0.2) is 0 Å². The predicted octanol–water partition coefficient (Wildman–Crippen LogP) is 5.00. The van der Waals surface area contributed by atoms with Crippen LogP contribution in [0.3, 0.4) is 0 Å². The molecule has 0 aliphatic heterocycles. The smallest absolute Gasteiger partial charge is 0.310 e. The number of nitrogens with one attached hydrogen (secondary N) is 1. The van der Waals surface area contributed by atoms with Crippen molar-refractivity contribution in [3.63, 3.8) is 0 Å². The van der Waals surface area contributed by atoms with Crippen molar-refractivity contribution in [2.45, 2.75) is 44.1 Å². The van der Waals surface area contributed by atoms with Crippen LogP contribution in [0, 0.1) is 0 Å². The van der Waals surface area contributed by atoms with E-state index in [1.165, 1.54) is 0 Å². The zero-order valence-electron chi connectivity index (χ0n) is 11.3. The number of unbranched alkanes of at least 4 members (excludes halogenated alkanes) is 1. The SMILES string of the molecule is FC(F)(F)CCCCNC(CC(F)(F)F)c1ccccc1. The van der Waals surface area contributed by atoms with Gasteiger partial charge in [0, 0.05) is 12.5 Å². The van der Waals surface area contributed by atoms with E-state index in [0.717, 1.165) is 0 Å². The van der Waals surface area contributed by atoms with E-state index in [-0.39, 0.29) is 19.4 Å². The van der Waals surface area contributed by atoms with Crippen molar-refractivity contribution < 1.29 is 26.3 Å². The maximum atomic E-state index is 12.5. The minimum atomic E-state index is -4.33. The molecule has 1 atom stereocenters. The fourth-order valence-corrected chi connectivity index (χ4v) is 1.95. The van der Waals surface area contributed by atoms with Gasteiger partial charge < -0.3 is 5.32 Å². The molecule has 120 valence electrons. The minimum absolute atomic E-state index is 0.0932. The molecule has 0 fully saturated rings. The zero-order valence-corrected chi connectivity index (χ0v) is 11.3. The molecule has 1 N–H and O–H groups in total.